The SMILES string of the molecule is Clc1cccc2oc(-c3ccc(C=Cc4ccccc4)s3)nc12. The summed E-state index contributed by atoms with van der Waals surface area (Å²) in [7, 11) is 0. The topological polar surface area (TPSA) is 26.0 Å². The quantitative estimate of drug-likeness (QED) is 0.433. The Labute approximate surface area is 142 Å². The van der Waals surface area contributed by atoms with Crippen LogP contribution in [0.5, 0.6) is 0 Å². The van der Waals surface area contributed by atoms with Crippen LogP contribution in [0.4, 0.5) is 0 Å². The molecule has 0 fully saturated rings. The molecule has 2 nitrogen and oxygen atoms in total. The fraction of sp³-hybridized carbons (Fsp3) is 0. The van der Waals surface area contributed by atoms with Crippen molar-refractivity contribution in [1.29, 1.82) is 0 Å². The van der Waals surface area contributed by atoms with Crippen LogP contribution in [0.25, 0.3) is 34.0 Å². The number of hydrogen-bond donors (Lipinski definition) is 0. The molecule has 0 amide bonds. The first-order valence-corrected chi connectivity index (χ1v) is 8.37. The number of hydrogen-bond acceptors (Lipinski definition) is 3. The van der Waals surface area contributed by atoms with E-state index in [1.165, 1.54) is 5.56 Å². The molecule has 2 heterocycles. The van der Waals surface area contributed by atoms with Crippen LogP contribution in [-0.2, 0) is 0 Å². The standard InChI is InChI=1S/C19H12ClNOS/c20-15-7-4-8-16-18(15)21-19(22-16)17-12-11-14(23-17)10-9-13-5-2-1-3-6-13/h1-12H. The number of para-hydroxylation sites is 1. The lowest BCUT2D eigenvalue weighted by atomic mass is 10.2. The highest BCUT2D eigenvalue weighted by Gasteiger charge is 2.12. The lowest BCUT2D eigenvalue weighted by Gasteiger charge is -1.90. The van der Waals surface area contributed by atoms with Gasteiger partial charge >= 0.3 is 0 Å². The fourth-order valence-corrected chi connectivity index (χ4v) is 3.37. The van der Waals surface area contributed by atoms with Gasteiger partial charge in [0.1, 0.15) is 5.52 Å². The number of rotatable bonds is 3. The highest BCUT2D eigenvalue weighted by Crippen LogP contribution is 2.33. The molecule has 2 aromatic heterocycles. The summed E-state index contributed by atoms with van der Waals surface area (Å²) in [5, 5.41) is 0.609. The van der Waals surface area contributed by atoms with Crippen molar-refractivity contribution in [2.45, 2.75) is 0 Å². The van der Waals surface area contributed by atoms with Crippen molar-refractivity contribution < 1.29 is 4.42 Å². The Morgan fingerprint density at radius 3 is 2.61 bits per heavy atom. The maximum Gasteiger partial charge on any atom is 0.237 e. The summed E-state index contributed by atoms with van der Waals surface area (Å²) in [6, 6.07) is 19.9. The average molecular weight is 338 g/mol. The molecule has 0 radical (unpaired) electrons. The van der Waals surface area contributed by atoms with Gasteiger partial charge in [0.15, 0.2) is 5.58 Å². The van der Waals surface area contributed by atoms with E-state index >= 15 is 0 Å². The van der Waals surface area contributed by atoms with E-state index in [4.69, 9.17) is 16.0 Å². The Kier molecular flexibility index (Phi) is 3.74. The van der Waals surface area contributed by atoms with Crippen molar-refractivity contribution >= 4 is 46.2 Å². The number of aromatic nitrogens is 1. The van der Waals surface area contributed by atoms with Crippen molar-refractivity contribution in [3.63, 3.8) is 0 Å². The molecule has 4 heteroatoms. The molecule has 0 saturated carbocycles. The van der Waals surface area contributed by atoms with Crippen LogP contribution in [0.2, 0.25) is 5.02 Å². The second kappa shape index (κ2) is 6.03. The molecule has 4 rings (SSSR count). The Balaban J connectivity index is 1.64. The van der Waals surface area contributed by atoms with Crippen LogP contribution >= 0.6 is 22.9 Å². The van der Waals surface area contributed by atoms with Crippen molar-refractivity contribution in [2.24, 2.45) is 0 Å². The number of thiophene rings is 1. The molecule has 23 heavy (non-hydrogen) atoms. The molecule has 0 saturated heterocycles. The van der Waals surface area contributed by atoms with Gasteiger partial charge in [0.05, 0.1) is 9.90 Å². The minimum atomic E-state index is 0.609. The number of benzene rings is 2. The van der Waals surface area contributed by atoms with Crippen LogP contribution in [0.3, 0.4) is 0 Å². The molecular formula is C19H12ClNOS. The van der Waals surface area contributed by atoms with E-state index in [0.29, 0.717) is 22.0 Å². The molecular weight excluding hydrogens is 326 g/mol. The number of nitrogens with zero attached hydrogens (tertiary/aromatic N) is 1. The van der Waals surface area contributed by atoms with Gasteiger partial charge in [-0.05, 0) is 35.9 Å². The maximum absolute atomic E-state index is 6.15. The third kappa shape index (κ3) is 2.93. The van der Waals surface area contributed by atoms with Crippen molar-refractivity contribution in [1.82, 2.24) is 4.98 Å². The summed E-state index contributed by atoms with van der Waals surface area (Å²) in [5.74, 6) is 0.609. The van der Waals surface area contributed by atoms with Gasteiger partial charge in [-0.25, -0.2) is 4.98 Å². The first kappa shape index (κ1) is 14.2. The smallest absolute Gasteiger partial charge is 0.237 e. The van der Waals surface area contributed by atoms with Crippen LogP contribution in [-0.4, -0.2) is 4.98 Å². The van der Waals surface area contributed by atoms with E-state index in [1.807, 2.05) is 42.5 Å². The summed E-state index contributed by atoms with van der Waals surface area (Å²) in [5.41, 5.74) is 2.59. The lowest BCUT2D eigenvalue weighted by Crippen LogP contribution is -1.71. The number of oxazole rings is 1. The van der Waals surface area contributed by atoms with Crippen LogP contribution < -0.4 is 0 Å². The summed E-state index contributed by atoms with van der Waals surface area (Å²) < 4.78 is 5.80. The highest BCUT2D eigenvalue weighted by atomic mass is 35.5. The Morgan fingerprint density at radius 2 is 1.78 bits per heavy atom. The lowest BCUT2D eigenvalue weighted by molar-refractivity contribution is 0.621. The van der Waals surface area contributed by atoms with Gasteiger partial charge in [-0.1, -0.05) is 54.1 Å². The Bertz CT molecular complexity index is 985. The predicted molar refractivity (Wildman–Crippen MR) is 97.7 cm³/mol. The van der Waals surface area contributed by atoms with E-state index in [2.05, 4.69) is 35.3 Å². The van der Waals surface area contributed by atoms with E-state index in [9.17, 15) is 0 Å². The van der Waals surface area contributed by atoms with Gasteiger partial charge in [-0.15, -0.1) is 11.3 Å². The summed E-state index contributed by atoms with van der Waals surface area (Å²) >= 11 is 7.79. The van der Waals surface area contributed by atoms with E-state index in [0.717, 1.165) is 9.75 Å². The molecule has 0 aliphatic rings. The van der Waals surface area contributed by atoms with Crippen LogP contribution in [0.1, 0.15) is 10.4 Å². The minimum Gasteiger partial charge on any atom is -0.435 e. The first-order valence-electron chi connectivity index (χ1n) is 7.18. The summed E-state index contributed by atoms with van der Waals surface area (Å²) in [6.45, 7) is 0. The summed E-state index contributed by atoms with van der Waals surface area (Å²) in [4.78, 5) is 6.64. The first-order chi connectivity index (χ1) is 11.3. The molecule has 0 spiro atoms. The zero-order valence-corrected chi connectivity index (χ0v) is 13.6. The number of halogens is 1. The molecule has 0 N–H and O–H groups in total. The molecule has 0 aliphatic carbocycles. The third-order valence-corrected chi connectivity index (χ3v) is 4.79. The molecule has 112 valence electrons. The third-order valence-electron chi connectivity index (χ3n) is 3.45. The van der Waals surface area contributed by atoms with Gasteiger partial charge in [-0.3, -0.25) is 0 Å². The maximum atomic E-state index is 6.15. The van der Waals surface area contributed by atoms with Gasteiger partial charge < -0.3 is 4.42 Å². The van der Waals surface area contributed by atoms with Crippen molar-refractivity contribution in [2.75, 3.05) is 0 Å². The van der Waals surface area contributed by atoms with E-state index < -0.39 is 0 Å². The second-order valence-corrected chi connectivity index (χ2v) is 6.57. The normalized spacial score (nSPS) is 11.5. The van der Waals surface area contributed by atoms with Crippen LogP contribution in [0.15, 0.2) is 65.1 Å². The minimum absolute atomic E-state index is 0.609. The molecule has 0 atom stereocenters. The summed E-state index contributed by atoms with van der Waals surface area (Å²) in [6.07, 6.45) is 4.19. The molecule has 0 aliphatic heterocycles. The second-order valence-electron chi connectivity index (χ2n) is 5.05. The number of fused-ring (bicyclic) bond motifs is 1. The van der Waals surface area contributed by atoms with Gasteiger partial charge in [0, 0.05) is 4.88 Å². The van der Waals surface area contributed by atoms with Crippen molar-refractivity contribution in [3.8, 4) is 10.8 Å². The van der Waals surface area contributed by atoms with E-state index in [-0.39, 0.29) is 0 Å². The molecule has 0 bridgehead atoms. The Morgan fingerprint density at radius 1 is 0.913 bits per heavy atom. The zero-order chi connectivity index (χ0) is 15.6. The monoisotopic (exact) mass is 337 g/mol. The van der Waals surface area contributed by atoms with Gasteiger partial charge in [0.25, 0.3) is 0 Å². The highest BCUT2D eigenvalue weighted by molar-refractivity contribution is 7.16. The van der Waals surface area contributed by atoms with E-state index in [1.54, 1.807) is 11.3 Å². The molecule has 2 aromatic carbocycles. The van der Waals surface area contributed by atoms with Crippen LogP contribution in [0, 0.1) is 0 Å². The van der Waals surface area contributed by atoms with Gasteiger partial charge in [-0.2, -0.15) is 0 Å². The molecule has 0 unspecified atom stereocenters. The predicted octanol–water partition coefficient (Wildman–Crippen LogP) is 6.38. The fourth-order valence-electron chi connectivity index (χ4n) is 2.32. The zero-order valence-electron chi connectivity index (χ0n) is 12.1. The molecule has 4 aromatic rings. The van der Waals surface area contributed by atoms with Crippen molar-refractivity contribution in [3.05, 3.63) is 76.1 Å². The van der Waals surface area contributed by atoms with Gasteiger partial charge in [0.2, 0.25) is 5.89 Å². The largest absolute Gasteiger partial charge is 0.435 e. The Hall–Kier alpha value is -2.36. The average Bonchev–Trinajstić information content (AvgIpc) is 3.21.